The van der Waals surface area contributed by atoms with E-state index < -0.39 is 0 Å². The molecule has 3 rings (SSSR count). The first-order chi connectivity index (χ1) is 12.1. The van der Waals surface area contributed by atoms with E-state index in [1.54, 1.807) is 0 Å². The number of likely N-dealkylation sites (N-methyl/N-ethyl adjacent to an activating group) is 1. The molecule has 1 heterocycles. The van der Waals surface area contributed by atoms with E-state index in [-0.39, 0.29) is 0 Å². The minimum Gasteiger partial charge on any atom is -0.491 e. The Kier molecular flexibility index (Phi) is 5.13. The molecule has 1 aliphatic carbocycles. The highest BCUT2D eigenvalue weighted by atomic mass is 16.5. The summed E-state index contributed by atoms with van der Waals surface area (Å²) in [7, 11) is 4.27. The molecule has 5 nitrogen and oxygen atoms in total. The molecule has 0 bridgehead atoms. The summed E-state index contributed by atoms with van der Waals surface area (Å²) >= 11 is 0. The summed E-state index contributed by atoms with van der Waals surface area (Å²) in [5.74, 6) is 2.38. The van der Waals surface area contributed by atoms with E-state index in [2.05, 4.69) is 57.1 Å². The second-order valence-electron chi connectivity index (χ2n) is 6.49. The van der Waals surface area contributed by atoms with Crippen molar-refractivity contribution in [2.75, 3.05) is 38.7 Å². The lowest BCUT2D eigenvalue weighted by Gasteiger charge is -2.27. The average Bonchev–Trinajstić information content (AvgIpc) is 2.61. The highest BCUT2D eigenvalue weighted by Crippen LogP contribution is 2.45. The van der Waals surface area contributed by atoms with Gasteiger partial charge in [0.1, 0.15) is 17.4 Å². The Balaban J connectivity index is 2.06. The lowest BCUT2D eigenvalue weighted by Crippen LogP contribution is -3.09. The molecule has 0 aromatic heterocycles. The van der Waals surface area contributed by atoms with E-state index in [0.29, 0.717) is 12.6 Å². The molecular formula is C20H28N3O2+. The van der Waals surface area contributed by atoms with Gasteiger partial charge in [-0.05, 0) is 32.9 Å². The zero-order chi connectivity index (χ0) is 18.0. The van der Waals surface area contributed by atoms with Crippen LogP contribution in [0.5, 0.6) is 11.5 Å². The summed E-state index contributed by atoms with van der Waals surface area (Å²) in [5, 5.41) is 0. The highest BCUT2D eigenvalue weighted by molar-refractivity contribution is 6.11. The molecule has 1 aromatic carbocycles. The van der Waals surface area contributed by atoms with E-state index in [9.17, 15) is 0 Å². The number of allylic oxidation sites excluding steroid dienone is 1. The van der Waals surface area contributed by atoms with Gasteiger partial charge in [-0.25, -0.2) is 4.99 Å². The highest BCUT2D eigenvalue weighted by Gasteiger charge is 2.27. The second-order valence-corrected chi connectivity index (χ2v) is 6.49. The summed E-state index contributed by atoms with van der Waals surface area (Å²) in [6.07, 6.45) is 6.35. The zero-order valence-electron chi connectivity index (χ0n) is 15.8. The van der Waals surface area contributed by atoms with Gasteiger partial charge >= 0.3 is 0 Å². The largest absolute Gasteiger partial charge is 0.491 e. The fourth-order valence-electron chi connectivity index (χ4n) is 3.15. The maximum Gasteiger partial charge on any atom is 0.159 e. The lowest BCUT2D eigenvalue weighted by atomic mass is 10.0. The number of nitrogens with one attached hydrogen (secondary N) is 1. The fourth-order valence-corrected chi connectivity index (χ4v) is 3.15. The summed E-state index contributed by atoms with van der Waals surface area (Å²) in [6.45, 7) is 8.77. The maximum absolute atomic E-state index is 6.24. The first-order valence-corrected chi connectivity index (χ1v) is 9.10. The summed E-state index contributed by atoms with van der Waals surface area (Å²) < 4.78 is 12.1. The standard InChI is InChI=1S/C20H27N3O2/c1-6-23(7-2)15-12-18(24-8-3)20-19(13-15)25-17-11-14(22(4)5)9-10-16(17)21-20/h9-14H,6-8H2,1-5H3/p+1. The average molecular weight is 342 g/mol. The van der Waals surface area contributed by atoms with Gasteiger partial charge in [0, 0.05) is 37.0 Å². The molecule has 1 atom stereocenters. The number of hydrogen-bond acceptors (Lipinski definition) is 4. The van der Waals surface area contributed by atoms with E-state index in [4.69, 9.17) is 14.5 Å². The second kappa shape index (κ2) is 7.31. The van der Waals surface area contributed by atoms with E-state index in [1.165, 1.54) is 4.90 Å². The van der Waals surface area contributed by atoms with Crippen molar-refractivity contribution in [3.8, 4) is 11.5 Å². The van der Waals surface area contributed by atoms with Crippen LogP contribution in [0.4, 0.5) is 11.4 Å². The number of aliphatic imine (C=N–C) groups is 1. The third-order valence-corrected chi connectivity index (χ3v) is 4.62. The van der Waals surface area contributed by atoms with Crippen LogP contribution in [0.1, 0.15) is 20.8 Å². The van der Waals surface area contributed by atoms with Gasteiger partial charge in [0.15, 0.2) is 17.3 Å². The number of ether oxygens (including phenoxy) is 2. The number of benzene rings is 1. The van der Waals surface area contributed by atoms with E-state index in [1.807, 2.05) is 13.0 Å². The van der Waals surface area contributed by atoms with Gasteiger partial charge < -0.3 is 19.3 Å². The smallest absolute Gasteiger partial charge is 0.159 e. The van der Waals surface area contributed by atoms with Crippen LogP contribution in [-0.4, -0.2) is 45.5 Å². The van der Waals surface area contributed by atoms with Crippen molar-refractivity contribution in [1.29, 1.82) is 0 Å². The van der Waals surface area contributed by atoms with E-state index in [0.717, 1.165) is 47.4 Å². The molecule has 5 heteroatoms. The normalized spacial score (nSPS) is 18.1. The summed E-state index contributed by atoms with van der Waals surface area (Å²) in [4.78, 5) is 8.44. The van der Waals surface area contributed by atoms with Crippen molar-refractivity contribution in [3.63, 3.8) is 0 Å². The van der Waals surface area contributed by atoms with Crippen molar-refractivity contribution in [1.82, 2.24) is 0 Å². The molecule has 0 radical (unpaired) electrons. The molecule has 0 saturated heterocycles. The monoisotopic (exact) mass is 342 g/mol. The Bertz CT molecular complexity index is 731. The van der Waals surface area contributed by atoms with Gasteiger partial charge in [0.25, 0.3) is 0 Å². The zero-order valence-corrected chi connectivity index (χ0v) is 15.8. The van der Waals surface area contributed by atoms with Crippen molar-refractivity contribution in [2.45, 2.75) is 26.8 Å². The summed E-state index contributed by atoms with van der Waals surface area (Å²) in [6, 6.07) is 4.44. The SMILES string of the molecule is CCOc1cc(N(CC)CC)cc2c1N=C1C=CC([NH+](C)C)C=C1O2. The van der Waals surface area contributed by atoms with Gasteiger partial charge in [-0.15, -0.1) is 0 Å². The Hall–Kier alpha value is -2.27. The topological polar surface area (TPSA) is 38.5 Å². The number of fused-ring (bicyclic) bond motifs is 2. The first kappa shape index (κ1) is 17.5. The predicted molar refractivity (Wildman–Crippen MR) is 103 cm³/mol. The van der Waals surface area contributed by atoms with Crippen LogP contribution in [0.2, 0.25) is 0 Å². The molecule has 1 aliphatic heterocycles. The summed E-state index contributed by atoms with van der Waals surface area (Å²) in [5.41, 5.74) is 2.75. The Morgan fingerprint density at radius 3 is 2.60 bits per heavy atom. The van der Waals surface area contributed by atoms with Gasteiger partial charge in [0.2, 0.25) is 0 Å². The molecule has 1 aromatic rings. The fraction of sp³-hybridized carbons (Fsp3) is 0.450. The Morgan fingerprint density at radius 2 is 1.96 bits per heavy atom. The van der Waals surface area contributed by atoms with Gasteiger partial charge in [-0.3, -0.25) is 0 Å². The molecule has 1 unspecified atom stereocenters. The Morgan fingerprint density at radius 1 is 1.20 bits per heavy atom. The number of quaternary nitrogens is 1. The van der Waals surface area contributed by atoms with Gasteiger partial charge in [0.05, 0.1) is 20.7 Å². The first-order valence-electron chi connectivity index (χ1n) is 9.10. The minimum absolute atomic E-state index is 0.299. The number of anilines is 1. The van der Waals surface area contributed by atoms with E-state index >= 15 is 0 Å². The van der Waals surface area contributed by atoms with Crippen molar-refractivity contribution >= 4 is 17.1 Å². The van der Waals surface area contributed by atoms with Gasteiger partial charge in [-0.2, -0.15) is 0 Å². The third kappa shape index (κ3) is 3.42. The van der Waals surface area contributed by atoms with Crippen molar-refractivity contribution < 1.29 is 14.4 Å². The van der Waals surface area contributed by atoms with Crippen LogP contribution in [0.3, 0.4) is 0 Å². The van der Waals surface area contributed by atoms with Crippen molar-refractivity contribution in [2.24, 2.45) is 4.99 Å². The van der Waals surface area contributed by atoms with Crippen LogP contribution in [0.25, 0.3) is 0 Å². The van der Waals surface area contributed by atoms with Crippen LogP contribution in [0.15, 0.2) is 41.1 Å². The van der Waals surface area contributed by atoms with Crippen LogP contribution in [-0.2, 0) is 0 Å². The molecule has 0 amide bonds. The third-order valence-electron chi connectivity index (χ3n) is 4.62. The molecule has 134 valence electrons. The predicted octanol–water partition coefficient (Wildman–Crippen LogP) is 2.36. The molecule has 1 N–H and O–H groups in total. The number of hydrogen-bond donors (Lipinski definition) is 1. The molecule has 25 heavy (non-hydrogen) atoms. The van der Waals surface area contributed by atoms with Crippen LogP contribution >= 0.6 is 0 Å². The maximum atomic E-state index is 6.24. The van der Waals surface area contributed by atoms with Crippen LogP contribution in [0, 0.1) is 0 Å². The number of nitrogens with zero attached hydrogens (tertiary/aromatic N) is 2. The number of rotatable bonds is 6. The molecule has 0 saturated carbocycles. The molecule has 2 aliphatic rings. The van der Waals surface area contributed by atoms with Gasteiger partial charge in [-0.1, -0.05) is 0 Å². The lowest BCUT2D eigenvalue weighted by molar-refractivity contribution is -0.871. The Labute approximate surface area is 150 Å². The molecule has 0 fully saturated rings. The molecule has 0 spiro atoms. The van der Waals surface area contributed by atoms with Crippen molar-refractivity contribution in [3.05, 3.63) is 36.1 Å². The minimum atomic E-state index is 0.299. The molecular weight excluding hydrogens is 314 g/mol. The van der Waals surface area contributed by atoms with Crippen LogP contribution < -0.4 is 19.3 Å². The quantitative estimate of drug-likeness (QED) is 0.863.